The van der Waals surface area contributed by atoms with Gasteiger partial charge in [0.1, 0.15) is 6.54 Å². The molecule has 1 atom stereocenters. The van der Waals surface area contributed by atoms with Gasteiger partial charge in [-0.2, -0.15) is 5.10 Å². The smallest absolute Gasteiger partial charge is 0.279 e. The molecule has 0 spiro atoms. The molecule has 0 fully saturated rings. The zero-order chi connectivity index (χ0) is 17.1. The van der Waals surface area contributed by atoms with Crippen LogP contribution >= 0.6 is 0 Å². The lowest BCUT2D eigenvalue weighted by Gasteiger charge is -2.14. The molecule has 0 saturated carbocycles. The minimum atomic E-state index is -0.343. The highest BCUT2D eigenvalue weighted by Gasteiger charge is 2.14. The molecule has 1 aromatic carbocycles. The number of aryl methyl sites for hydroxylation is 1. The molecule has 8 heteroatoms. The predicted octanol–water partition coefficient (Wildman–Crippen LogP) is -0.910. The molecule has 1 amide bonds. The summed E-state index contributed by atoms with van der Waals surface area (Å²) < 4.78 is 1.54. The molecule has 2 N–H and O–H groups in total. The molecule has 3 rings (SSSR count). The van der Waals surface area contributed by atoms with Gasteiger partial charge >= 0.3 is 0 Å². The number of nitrogens with zero attached hydrogens (tertiary/aromatic N) is 4. The molecule has 0 aliphatic carbocycles. The summed E-state index contributed by atoms with van der Waals surface area (Å²) in [6.07, 6.45) is 1.46. The van der Waals surface area contributed by atoms with Gasteiger partial charge in [0.25, 0.3) is 5.91 Å². The van der Waals surface area contributed by atoms with E-state index in [2.05, 4.69) is 20.4 Å². The maximum atomic E-state index is 12.1. The number of hydrogen-bond donors (Lipinski definition) is 2. The van der Waals surface area contributed by atoms with Gasteiger partial charge in [-0.1, -0.05) is 18.2 Å². The normalized spacial score (nSPS) is 12.2. The molecule has 2 aromatic heterocycles. The van der Waals surface area contributed by atoms with Crippen LogP contribution in [-0.2, 0) is 18.4 Å². The molecule has 24 heavy (non-hydrogen) atoms. The third-order valence-corrected chi connectivity index (χ3v) is 3.58. The van der Waals surface area contributed by atoms with Crippen LogP contribution in [0.4, 0.5) is 5.69 Å². The second-order valence-electron chi connectivity index (χ2n) is 5.68. The Labute approximate surface area is 138 Å². The Morgan fingerprint density at radius 3 is 2.79 bits per heavy atom. The predicted molar refractivity (Wildman–Crippen MR) is 86.3 cm³/mol. The Bertz CT molecular complexity index is 862. The molecule has 0 aliphatic heterocycles. The van der Waals surface area contributed by atoms with Gasteiger partial charge in [0.05, 0.1) is 13.2 Å². The summed E-state index contributed by atoms with van der Waals surface area (Å²) >= 11 is 0. The summed E-state index contributed by atoms with van der Waals surface area (Å²) in [6.45, 7) is 0.619. The monoisotopic (exact) mass is 326 g/mol. The largest absolute Gasteiger partial charge is 0.858 e. The number of amides is 1. The SMILES string of the molecule is Cn1ncc2c([O-])nc(C[NH+](C)CC(=O)Nc3ccccc3)nc21. The number of nitrogens with one attached hydrogen (secondary N) is 2. The molecular formula is C16H18N6O2. The molecule has 124 valence electrons. The minimum absolute atomic E-state index is 0.109. The maximum Gasteiger partial charge on any atom is 0.279 e. The fourth-order valence-corrected chi connectivity index (χ4v) is 2.45. The van der Waals surface area contributed by atoms with Crippen LogP contribution in [-0.4, -0.2) is 39.2 Å². The van der Waals surface area contributed by atoms with Crippen molar-refractivity contribution in [3.05, 3.63) is 42.4 Å². The van der Waals surface area contributed by atoms with Gasteiger partial charge in [-0.3, -0.25) is 9.48 Å². The summed E-state index contributed by atoms with van der Waals surface area (Å²) in [5.41, 5.74) is 1.26. The van der Waals surface area contributed by atoms with E-state index in [0.717, 1.165) is 10.6 Å². The number of carbonyl (C=O) groups is 1. The summed E-state index contributed by atoms with van der Waals surface area (Å²) in [5, 5.41) is 19.2. The van der Waals surface area contributed by atoms with Crippen molar-refractivity contribution in [3.63, 3.8) is 0 Å². The van der Waals surface area contributed by atoms with E-state index < -0.39 is 0 Å². The van der Waals surface area contributed by atoms with Crippen LogP contribution in [0.15, 0.2) is 36.5 Å². The molecule has 3 aromatic rings. The van der Waals surface area contributed by atoms with Crippen molar-refractivity contribution in [1.29, 1.82) is 0 Å². The van der Waals surface area contributed by atoms with Crippen LogP contribution in [0.25, 0.3) is 11.0 Å². The van der Waals surface area contributed by atoms with E-state index >= 15 is 0 Å². The molecule has 1 unspecified atom stereocenters. The van der Waals surface area contributed by atoms with Gasteiger partial charge in [0.15, 0.2) is 18.0 Å². The second-order valence-corrected chi connectivity index (χ2v) is 5.68. The van der Waals surface area contributed by atoms with Crippen molar-refractivity contribution in [3.8, 4) is 5.88 Å². The van der Waals surface area contributed by atoms with Crippen molar-refractivity contribution < 1.29 is 14.8 Å². The quantitative estimate of drug-likeness (QED) is 0.632. The van der Waals surface area contributed by atoms with Crippen molar-refractivity contribution in [2.24, 2.45) is 7.05 Å². The molecular weight excluding hydrogens is 308 g/mol. The average Bonchev–Trinajstić information content (AvgIpc) is 2.90. The first-order chi connectivity index (χ1) is 11.5. The van der Waals surface area contributed by atoms with Crippen molar-refractivity contribution in [1.82, 2.24) is 19.7 Å². The van der Waals surface area contributed by atoms with E-state index in [-0.39, 0.29) is 18.3 Å². The Morgan fingerprint density at radius 2 is 2.04 bits per heavy atom. The number of hydrogen-bond acceptors (Lipinski definition) is 5. The van der Waals surface area contributed by atoms with Crippen LogP contribution < -0.4 is 15.3 Å². The van der Waals surface area contributed by atoms with E-state index in [1.807, 2.05) is 37.4 Å². The Hall–Kier alpha value is -3.00. The number of likely N-dealkylation sites (N-methyl/N-ethyl adjacent to an activating group) is 1. The van der Waals surface area contributed by atoms with Gasteiger partial charge in [-0.05, 0) is 12.1 Å². The summed E-state index contributed by atoms with van der Waals surface area (Å²) in [4.78, 5) is 21.3. The van der Waals surface area contributed by atoms with Gasteiger partial charge in [-0.25, -0.2) is 9.97 Å². The Morgan fingerprint density at radius 1 is 1.29 bits per heavy atom. The Balaban J connectivity index is 1.65. The molecule has 0 saturated heterocycles. The third-order valence-electron chi connectivity index (χ3n) is 3.58. The lowest BCUT2D eigenvalue weighted by molar-refractivity contribution is -0.885. The summed E-state index contributed by atoms with van der Waals surface area (Å²) in [6, 6.07) is 9.27. The number of carbonyl (C=O) groups excluding carboxylic acids is 1. The van der Waals surface area contributed by atoms with E-state index in [4.69, 9.17) is 0 Å². The Kier molecular flexibility index (Phi) is 4.39. The maximum absolute atomic E-state index is 12.1. The number of anilines is 1. The molecule has 0 radical (unpaired) electrons. The van der Waals surface area contributed by atoms with Crippen molar-refractivity contribution >= 4 is 22.6 Å². The highest BCUT2D eigenvalue weighted by Crippen LogP contribution is 2.17. The topological polar surface area (TPSA) is 100 Å². The van der Waals surface area contributed by atoms with Crippen molar-refractivity contribution in [2.75, 3.05) is 18.9 Å². The van der Waals surface area contributed by atoms with Crippen LogP contribution in [0.3, 0.4) is 0 Å². The molecule has 2 heterocycles. The number of aromatic nitrogens is 4. The molecule has 0 bridgehead atoms. The number of fused-ring (bicyclic) bond motifs is 1. The fourth-order valence-electron chi connectivity index (χ4n) is 2.45. The standard InChI is InChI=1S/C16H18N6O2/c1-21(10-14(23)18-11-6-4-3-5-7-11)9-13-19-15-12(16(24)20-13)8-17-22(15)2/h3-8H,9-10H2,1-2H3,(H,18,23)(H,19,20,24). The highest BCUT2D eigenvalue weighted by molar-refractivity contribution is 5.91. The first kappa shape index (κ1) is 15.9. The van der Waals surface area contributed by atoms with E-state index in [1.54, 1.807) is 11.7 Å². The summed E-state index contributed by atoms with van der Waals surface area (Å²) in [7, 11) is 3.58. The minimum Gasteiger partial charge on any atom is -0.858 e. The van der Waals surface area contributed by atoms with Gasteiger partial charge in [0.2, 0.25) is 0 Å². The highest BCUT2D eigenvalue weighted by atomic mass is 16.3. The van der Waals surface area contributed by atoms with E-state index in [9.17, 15) is 9.90 Å². The molecule has 0 aliphatic rings. The lowest BCUT2D eigenvalue weighted by atomic mass is 10.3. The first-order valence-corrected chi connectivity index (χ1v) is 7.55. The van der Waals surface area contributed by atoms with E-state index in [0.29, 0.717) is 23.4 Å². The van der Waals surface area contributed by atoms with Crippen LogP contribution in [0.5, 0.6) is 5.88 Å². The zero-order valence-electron chi connectivity index (χ0n) is 13.5. The third kappa shape index (κ3) is 3.49. The lowest BCUT2D eigenvalue weighted by Crippen LogP contribution is -3.08. The van der Waals surface area contributed by atoms with Gasteiger partial charge in [0, 0.05) is 24.0 Å². The van der Waals surface area contributed by atoms with Gasteiger partial charge < -0.3 is 15.3 Å². The van der Waals surface area contributed by atoms with Crippen molar-refractivity contribution in [2.45, 2.75) is 6.54 Å². The van der Waals surface area contributed by atoms with E-state index in [1.165, 1.54) is 6.20 Å². The number of rotatable bonds is 5. The fraction of sp³-hybridized carbons (Fsp3) is 0.250. The van der Waals surface area contributed by atoms with Crippen LogP contribution in [0, 0.1) is 0 Å². The second kappa shape index (κ2) is 6.63. The van der Waals surface area contributed by atoms with Crippen LogP contribution in [0.2, 0.25) is 0 Å². The first-order valence-electron chi connectivity index (χ1n) is 7.55. The number of benzene rings is 1. The molecule has 8 nitrogen and oxygen atoms in total. The van der Waals surface area contributed by atoms with Crippen LogP contribution in [0.1, 0.15) is 5.82 Å². The number of para-hydroxylation sites is 1. The number of quaternary nitrogens is 1. The van der Waals surface area contributed by atoms with Gasteiger partial charge in [-0.15, -0.1) is 0 Å². The zero-order valence-corrected chi connectivity index (χ0v) is 13.5. The summed E-state index contributed by atoms with van der Waals surface area (Å²) in [5.74, 6) is -0.0478. The average molecular weight is 326 g/mol.